The number of aromatic nitrogens is 2. The molecule has 0 bridgehead atoms. The minimum atomic E-state index is -0.304. The molecule has 0 atom stereocenters. The molecule has 1 aliphatic rings. The third-order valence-electron chi connectivity index (χ3n) is 5.15. The van der Waals surface area contributed by atoms with Crippen molar-refractivity contribution in [3.8, 4) is 5.69 Å². The predicted octanol–water partition coefficient (Wildman–Crippen LogP) is 3.40. The fraction of sp³-hybridized carbons (Fsp3) is 0.500. The number of carbonyl (C=O) groups excluding carboxylic acids is 1. The van der Waals surface area contributed by atoms with Crippen LogP contribution in [0.4, 0.5) is 4.39 Å². The zero-order valence-corrected chi connectivity index (χ0v) is 15.3. The summed E-state index contributed by atoms with van der Waals surface area (Å²) in [5, 5.41) is 2.96. The molecule has 3 rings (SSSR count). The van der Waals surface area contributed by atoms with Crippen LogP contribution in [0.15, 0.2) is 36.8 Å². The lowest BCUT2D eigenvalue weighted by Gasteiger charge is -2.31. The summed E-state index contributed by atoms with van der Waals surface area (Å²) >= 11 is 0. The van der Waals surface area contributed by atoms with Gasteiger partial charge in [0.2, 0.25) is 0 Å². The van der Waals surface area contributed by atoms with E-state index < -0.39 is 0 Å². The summed E-state index contributed by atoms with van der Waals surface area (Å²) in [7, 11) is 2.18. The molecule has 1 fully saturated rings. The van der Waals surface area contributed by atoms with E-state index in [0.717, 1.165) is 13.0 Å². The highest BCUT2D eigenvalue weighted by molar-refractivity contribution is 5.92. The van der Waals surface area contributed by atoms with E-state index in [4.69, 9.17) is 0 Å². The van der Waals surface area contributed by atoms with Gasteiger partial charge in [0, 0.05) is 18.3 Å². The number of nitrogens with one attached hydrogen (secondary N) is 1. The number of halogens is 1. The Morgan fingerprint density at radius 3 is 2.73 bits per heavy atom. The number of rotatable bonds is 7. The molecular weight excluding hydrogens is 331 g/mol. The maximum atomic E-state index is 13.1. The van der Waals surface area contributed by atoms with Crippen molar-refractivity contribution in [2.24, 2.45) is 0 Å². The first kappa shape index (κ1) is 18.6. The van der Waals surface area contributed by atoms with Gasteiger partial charge in [-0.3, -0.25) is 9.36 Å². The van der Waals surface area contributed by atoms with E-state index in [2.05, 4.69) is 22.2 Å². The first-order valence-electron chi connectivity index (χ1n) is 9.42. The van der Waals surface area contributed by atoms with E-state index in [-0.39, 0.29) is 11.7 Å². The maximum absolute atomic E-state index is 13.1. The smallest absolute Gasteiger partial charge is 0.269 e. The fourth-order valence-electron chi connectivity index (χ4n) is 3.60. The lowest BCUT2D eigenvalue weighted by molar-refractivity contribution is 0.0943. The molecule has 1 saturated carbocycles. The molecule has 1 aromatic carbocycles. The van der Waals surface area contributed by atoms with Crippen LogP contribution in [0, 0.1) is 5.82 Å². The minimum absolute atomic E-state index is 0.160. The average Bonchev–Trinajstić information content (AvgIpc) is 3.16. The normalized spacial score (nSPS) is 15.3. The molecule has 0 unspecified atom stereocenters. The Hall–Kier alpha value is -2.21. The number of imidazole rings is 1. The predicted molar refractivity (Wildman–Crippen MR) is 100.0 cm³/mol. The molecular formula is C20H27FN4O. The average molecular weight is 358 g/mol. The highest BCUT2D eigenvalue weighted by atomic mass is 19.1. The molecule has 1 N–H and O–H groups in total. The summed E-state index contributed by atoms with van der Waals surface area (Å²) < 4.78 is 14.8. The molecule has 1 amide bonds. The van der Waals surface area contributed by atoms with E-state index in [1.54, 1.807) is 23.0 Å². The third-order valence-corrected chi connectivity index (χ3v) is 5.15. The number of benzene rings is 1. The van der Waals surface area contributed by atoms with Gasteiger partial charge >= 0.3 is 0 Å². The van der Waals surface area contributed by atoms with Gasteiger partial charge in [-0.2, -0.15) is 0 Å². The van der Waals surface area contributed by atoms with Crippen LogP contribution in [0.25, 0.3) is 5.69 Å². The van der Waals surface area contributed by atoms with E-state index in [9.17, 15) is 9.18 Å². The van der Waals surface area contributed by atoms with Crippen molar-refractivity contribution in [1.82, 2.24) is 19.8 Å². The molecule has 5 nitrogen and oxygen atoms in total. The summed E-state index contributed by atoms with van der Waals surface area (Å²) in [4.78, 5) is 18.9. The Kier molecular flexibility index (Phi) is 6.39. The molecule has 26 heavy (non-hydrogen) atoms. The van der Waals surface area contributed by atoms with Gasteiger partial charge in [-0.25, -0.2) is 9.37 Å². The van der Waals surface area contributed by atoms with Gasteiger partial charge in [0.15, 0.2) is 0 Å². The van der Waals surface area contributed by atoms with Crippen LogP contribution in [0.5, 0.6) is 0 Å². The Labute approximate surface area is 154 Å². The van der Waals surface area contributed by atoms with Crippen LogP contribution in [0.1, 0.15) is 49.0 Å². The summed E-state index contributed by atoms with van der Waals surface area (Å²) in [5.41, 5.74) is 1.17. The number of carbonyl (C=O) groups is 1. The lowest BCUT2D eigenvalue weighted by atomic mass is 9.94. The largest absolute Gasteiger partial charge is 0.351 e. The van der Waals surface area contributed by atoms with Gasteiger partial charge < -0.3 is 10.2 Å². The summed E-state index contributed by atoms with van der Waals surface area (Å²) in [6, 6.07) is 6.70. The fourth-order valence-corrected chi connectivity index (χ4v) is 3.60. The standard InChI is InChI=1S/C20H27FN4O/c1-24(17-6-3-2-4-7-17)13-5-12-23-20(26)19-14-22-15-25(19)18-10-8-16(21)9-11-18/h8-11,14-15,17H,2-7,12-13H2,1H3,(H,23,26). The molecule has 0 aliphatic heterocycles. The van der Waals surface area contributed by atoms with Crippen LogP contribution in [0.2, 0.25) is 0 Å². The minimum Gasteiger partial charge on any atom is -0.351 e. The van der Waals surface area contributed by atoms with Gasteiger partial charge in [0.1, 0.15) is 11.5 Å². The zero-order chi connectivity index (χ0) is 18.4. The van der Waals surface area contributed by atoms with Crippen molar-refractivity contribution in [3.05, 3.63) is 48.3 Å². The van der Waals surface area contributed by atoms with Gasteiger partial charge in [-0.15, -0.1) is 0 Å². The molecule has 2 aromatic rings. The highest BCUT2D eigenvalue weighted by Crippen LogP contribution is 2.21. The van der Waals surface area contributed by atoms with Crippen LogP contribution < -0.4 is 5.32 Å². The number of nitrogens with zero attached hydrogens (tertiary/aromatic N) is 3. The second-order valence-corrected chi connectivity index (χ2v) is 7.01. The van der Waals surface area contributed by atoms with E-state index >= 15 is 0 Å². The molecule has 1 aromatic heterocycles. The first-order chi connectivity index (χ1) is 12.6. The van der Waals surface area contributed by atoms with Gasteiger partial charge in [0.05, 0.1) is 12.5 Å². The Morgan fingerprint density at radius 1 is 1.27 bits per heavy atom. The van der Waals surface area contributed by atoms with E-state index in [0.29, 0.717) is 24.0 Å². The van der Waals surface area contributed by atoms with Crippen molar-refractivity contribution in [2.75, 3.05) is 20.1 Å². The van der Waals surface area contributed by atoms with E-state index in [1.807, 2.05) is 0 Å². The third kappa shape index (κ3) is 4.69. The van der Waals surface area contributed by atoms with Crippen LogP contribution in [0.3, 0.4) is 0 Å². The lowest BCUT2D eigenvalue weighted by Crippen LogP contribution is -2.36. The Bertz CT molecular complexity index is 707. The van der Waals surface area contributed by atoms with Crippen LogP contribution in [-0.4, -0.2) is 46.5 Å². The SMILES string of the molecule is CN(CCCNC(=O)c1cncn1-c1ccc(F)cc1)C1CCCCC1. The highest BCUT2D eigenvalue weighted by Gasteiger charge is 2.17. The van der Waals surface area contributed by atoms with Gasteiger partial charge in [0.25, 0.3) is 5.91 Å². The molecule has 140 valence electrons. The molecule has 1 aliphatic carbocycles. The Balaban J connectivity index is 1.48. The van der Waals surface area contributed by atoms with Crippen molar-refractivity contribution >= 4 is 5.91 Å². The first-order valence-corrected chi connectivity index (χ1v) is 9.42. The molecule has 0 spiro atoms. The van der Waals surface area contributed by atoms with Crippen molar-refractivity contribution in [3.63, 3.8) is 0 Å². The maximum Gasteiger partial charge on any atom is 0.269 e. The van der Waals surface area contributed by atoms with Crippen LogP contribution >= 0.6 is 0 Å². The summed E-state index contributed by atoms with van der Waals surface area (Å²) in [6.07, 6.45) is 10.6. The molecule has 1 heterocycles. The Morgan fingerprint density at radius 2 is 2.00 bits per heavy atom. The topological polar surface area (TPSA) is 50.2 Å². The molecule has 6 heteroatoms. The quantitative estimate of drug-likeness (QED) is 0.772. The molecule has 0 saturated heterocycles. The zero-order valence-electron chi connectivity index (χ0n) is 15.3. The summed E-state index contributed by atoms with van der Waals surface area (Å²) in [5.74, 6) is -0.464. The number of hydrogen-bond donors (Lipinski definition) is 1. The van der Waals surface area contributed by atoms with Gasteiger partial charge in [-0.1, -0.05) is 19.3 Å². The van der Waals surface area contributed by atoms with Crippen molar-refractivity contribution < 1.29 is 9.18 Å². The van der Waals surface area contributed by atoms with E-state index in [1.165, 1.54) is 50.4 Å². The summed E-state index contributed by atoms with van der Waals surface area (Å²) in [6.45, 7) is 1.62. The number of amides is 1. The molecule has 0 radical (unpaired) electrons. The second-order valence-electron chi connectivity index (χ2n) is 7.01. The number of hydrogen-bond acceptors (Lipinski definition) is 3. The van der Waals surface area contributed by atoms with Crippen molar-refractivity contribution in [1.29, 1.82) is 0 Å². The monoisotopic (exact) mass is 358 g/mol. The van der Waals surface area contributed by atoms with Crippen LogP contribution in [-0.2, 0) is 0 Å². The van der Waals surface area contributed by atoms with Crippen molar-refractivity contribution in [2.45, 2.75) is 44.6 Å². The second kappa shape index (κ2) is 8.94. The van der Waals surface area contributed by atoms with Gasteiger partial charge in [-0.05, 0) is 57.1 Å².